The van der Waals surface area contributed by atoms with Crippen molar-refractivity contribution in [3.8, 4) is 0 Å². The molecule has 0 aromatic rings. The standard InChI is InChI=1S/C5H11NO2.H4NO2P/c7-4-5-2-1-3-6(5)8;1-4(2)3/h5,7-8H,1-4H2;2-3H,1H2. The second-order valence-electron chi connectivity index (χ2n) is 2.46. The quantitative estimate of drug-likeness (QED) is 0.345. The van der Waals surface area contributed by atoms with E-state index >= 15 is 0 Å². The SMILES string of the molecule is NP(O)O.OCC1CCCN1O. The molecule has 1 saturated heterocycles. The van der Waals surface area contributed by atoms with Crippen LogP contribution in [-0.4, -0.2) is 44.4 Å². The van der Waals surface area contributed by atoms with Crippen molar-refractivity contribution < 1.29 is 20.1 Å². The van der Waals surface area contributed by atoms with Crippen molar-refractivity contribution in [1.29, 1.82) is 0 Å². The molecule has 1 heterocycles. The van der Waals surface area contributed by atoms with E-state index in [4.69, 9.17) is 20.1 Å². The van der Waals surface area contributed by atoms with E-state index in [0.717, 1.165) is 12.8 Å². The summed E-state index contributed by atoms with van der Waals surface area (Å²) in [6.07, 6.45) is 1.93. The van der Waals surface area contributed by atoms with Crippen LogP contribution in [0.2, 0.25) is 0 Å². The van der Waals surface area contributed by atoms with Gasteiger partial charge >= 0.3 is 0 Å². The summed E-state index contributed by atoms with van der Waals surface area (Å²) in [5.41, 5.74) is 4.29. The maximum absolute atomic E-state index is 8.86. The Labute approximate surface area is 72.2 Å². The molecule has 0 aromatic heterocycles. The summed E-state index contributed by atoms with van der Waals surface area (Å²) in [4.78, 5) is 14.9. The van der Waals surface area contributed by atoms with E-state index in [0.29, 0.717) is 6.54 Å². The lowest BCUT2D eigenvalue weighted by Gasteiger charge is -2.12. The Balaban J connectivity index is 0.000000261. The first-order valence-electron chi connectivity index (χ1n) is 3.57. The van der Waals surface area contributed by atoms with Crippen LogP contribution in [0.4, 0.5) is 0 Å². The molecule has 0 spiro atoms. The highest BCUT2D eigenvalue weighted by Crippen LogP contribution is 2.12. The third-order valence-electron chi connectivity index (χ3n) is 1.56. The van der Waals surface area contributed by atoms with Gasteiger partial charge in [-0.2, -0.15) is 5.06 Å². The first kappa shape index (κ1) is 12.2. The van der Waals surface area contributed by atoms with E-state index in [1.807, 2.05) is 0 Å². The first-order valence-corrected chi connectivity index (χ1v) is 4.88. The molecule has 1 atom stereocenters. The fraction of sp³-hybridized carbons (Fsp3) is 1.00. The zero-order chi connectivity index (χ0) is 9.56. The molecule has 0 radical (unpaired) electrons. The van der Waals surface area contributed by atoms with Gasteiger partial charge < -0.3 is 20.1 Å². The van der Waals surface area contributed by atoms with Gasteiger partial charge in [-0.1, -0.05) is 0 Å². The van der Waals surface area contributed by atoms with E-state index in [9.17, 15) is 0 Å². The molecule has 0 saturated carbocycles. The lowest BCUT2D eigenvalue weighted by molar-refractivity contribution is -0.113. The fourth-order valence-electron chi connectivity index (χ4n) is 1.01. The highest BCUT2D eigenvalue weighted by molar-refractivity contribution is 7.42. The lowest BCUT2D eigenvalue weighted by Crippen LogP contribution is -2.28. The van der Waals surface area contributed by atoms with Gasteiger partial charge in [-0.15, -0.1) is 0 Å². The van der Waals surface area contributed by atoms with Gasteiger partial charge in [0, 0.05) is 6.54 Å². The van der Waals surface area contributed by atoms with Crippen LogP contribution in [-0.2, 0) is 0 Å². The molecule has 6 N–H and O–H groups in total. The topological polar surface area (TPSA) is 110 Å². The Morgan fingerprint density at radius 1 is 1.50 bits per heavy atom. The maximum atomic E-state index is 8.86. The van der Waals surface area contributed by atoms with Crippen molar-refractivity contribution in [2.45, 2.75) is 18.9 Å². The summed E-state index contributed by atoms with van der Waals surface area (Å²) in [5.74, 6) is 0. The molecule has 74 valence electrons. The van der Waals surface area contributed by atoms with Crippen LogP contribution in [0.25, 0.3) is 0 Å². The van der Waals surface area contributed by atoms with Gasteiger partial charge in [0.2, 0.25) is 8.53 Å². The summed E-state index contributed by atoms with van der Waals surface area (Å²) in [7, 11) is -2.12. The zero-order valence-electron chi connectivity index (χ0n) is 6.67. The summed E-state index contributed by atoms with van der Waals surface area (Å²) in [6, 6.07) is 0.00926. The Morgan fingerprint density at radius 2 is 2.00 bits per heavy atom. The molecule has 0 bridgehead atoms. The summed E-state index contributed by atoms with van der Waals surface area (Å²) in [5, 5.41) is 18.6. The van der Waals surface area contributed by atoms with E-state index < -0.39 is 8.53 Å². The van der Waals surface area contributed by atoms with Gasteiger partial charge in [-0.05, 0) is 12.8 Å². The van der Waals surface area contributed by atoms with Crippen LogP contribution in [0.1, 0.15) is 12.8 Å². The van der Waals surface area contributed by atoms with Crippen LogP contribution in [0.15, 0.2) is 0 Å². The van der Waals surface area contributed by atoms with Crippen LogP contribution in [0, 0.1) is 0 Å². The molecule has 0 aromatic carbocycles. The largest absolute Gasteiger partial charge is 0.395 e. The molecule has 1 fully saturated rings. The molecule has 1 rings (SSSR count). The van der Waals surface area contributed by atoms with Crippen molar-refractivity contribution >= 4 is 8.53 Å². The molecule has 1 unspecified atom stereocenters. The van der Waals surface area contributed by atoms with E-state index in [1.54, 1.807) is 0 Å². The highest BCUT2D eigenvalue weighted by Gasteiger charge is 2.20. The molecule has 1 aliphatic heterocycles. The molecule has 0 amide bonds. The van der Waals surface area contributed by atoms with E-state index in [-0.39, 0.29) is 12.6 Å². The number of aliphatic hydroxyl groups excluding tert-OH is 1. The van der Waals surface area contributed by atoms with Crippen molar-refractivity contribution in [2.75, 3.05) is 13.2 Å². The molecular formula is C5H15N2O4P. The summed E-state index contributed by atoms with van der Waals surface area (Å²) < 4.78 is 0. The number of aliphatic hydroxyl groups is 1. The van der Waals surface area contributed by atoms with Gasteiger partial charge in [0.25, 0.3) is 0 Å². The van der Waals surface area contributed by atoms with Crippen molar-refractivity contribution in [3.05, 3.63) is 0 Å². The summed E-state index contributed by atoms with van der Waals surface area (Å²) >= 11 is 0. The van der Waals surface area contributed by atoms with Crippen LogP contribution in [0.3, 0.4) is 0 Å². The van der Waals surface area contributed by atoms with Gasteiger partial charge in [0.05, 0.1) is 12.6 Å². The maximum Gasteiger partial charge on any atom is 0.247 e. The van der Waals surface area contributed by atoms with Crippen LogP contribution >= 0.6 is 8.53 Å². The minimum absolute atomic E-state index is 0.00926. The third kappa shape index (κ3) is 5.79. The van der Waals surface area contributed by atoms with Gasteiger partial charge in [-0.3, -0.25) is 5.50 Å². The molecular weight excluding hydrogens is 183 g/mol. The van der Waals surface area contributed by atoms with Gasteiger partial charge in [0.1, 0.15) is 0 Å². The zero-order valence-corrected chi connectivity index (χ0v) is 7.56. The Bertz CT molecular complexity index is 113. The molecule has 6 nitrogen and oxygen atoms in total. The number of nitrogens with two attached hydrogens (primary N) is 1. The van der Waals surface area contributed by atoms with E-state index in [2.05, 4.69) is 5.50 Å². The van der Waals surface area contributed by atoms with Gasteiger partial charge in [0.15, 0.2) is 0 Å². The first-order chi connectivity index (χ1) is 5.57. The predicted octanol–water partition coefficient (Wildman–Crippen LogP) is -1.01. The van der Waals surface area contributed by atoms with Gasteiger partial charge in [-0.25, -0.2) is 0 Å². The average molecular weight is 198 g/mol. The molecule has 12 heavy (non-hydrogen) atoms. The predicted molar refractivity (Wildman–Crippen MR) is 44.1 cm³/mol. The average Bonchev–Trinajstić information content (AvgIpc) is 2.33. The number of hydrogen-bond donors (Lipinski definition) is 5. The second kappa shape index (κ2) is 6.68. The third-order valence-corrected chi connectivity index (χ3v) is 1.56. The highest BCUT2D eigenvalue weighted by atomic mass is 31.2. The van der Waals surface area contributed by atoms with Crippen molar-refractivity contribution in [2.24, 2.45) is 5.50 Å². The Hall–Kier alpha value is 0.190. The monoisotopic (exact) mass is 198 g/mol. The molecule has 0 aliphatic carbocycles. The van der Waals surface area contributed by atoms with Crippen molar-refractivity contribution in [1.82, 2.24) is 5.06 Å². The fourth-order valence-corrected chi connectivity index (χ4v) is 1.01. The normalized spacial score (nSPS) is 24.0. The minimum Gasteiger partial charge on any atom is -0.395 e. The molecule has 7 heteroatoms. The number of nitrogens with zero attached hydrogens (tertiary/aromatic N) is 1. The van der Waals surface area contributed by atoms with Crippen LogP contribution < -0.4 is 5.50 Å². The molecule has 1 aliphatic rings. The minimum atomic E-state index is -2.12. The van der Waals surface area contributed by atoms with Crippen LogP contribution in [0.5, 0.6) is 0 Å². The number of hydrogen-bond acceptors (Lipinski definition) is 6. The van der Waals surface area contributed by atoms with Crippen molar-refractivity contribution in [3.63, 3.8) is 0 Å². The Morgan fingerprint density at radius 3 is 2.17 bits per heavy atom. The Kier molecular flexibility index (Phi) is 6.78. The smallest absolute Gasteiger partial charge is 0.247 e. The lowest BCUT2D eigenvalue weighted by atomic mass is 10.2. The number of rotatable bonds is 1. The summed E-state index contributed by atoms with van der Waals surface area (Å²) in [6.45, 7) is 0.793. The number of hydroxylamine groups is 2. The second-order valence-corrected chi connectivity index (χ2v) is 3.10. The van der Waals surface area contributed by atoms with E-state index in [1.165, 1.54) is 5.06 Å².